The first-order valence-electron chi connectivity index (χ1n) is 6.20. The lowest BCUT2D eigenvalue weighted by atomic mass is 10.1. The molecule has 0 atom stereocenters. The zero-order valence-corrected chi connectivity index (χ0v) is 10.8. The van der Waals surface area contributed by atoms with Crippen LogP contribution in [0.1, 0.15) is 34.0 Å². The summed E-state index contributed by atoms with van der Waals surface area (Å²) >= 11 is 0. The van der Waals surface area contributed by atoms with Gasteiger partial charge in [0.1, 0.15) is 0 Å². The predicted molar refractivity (Wildman–Crippen MR) is 76.8 cm³/mol. The summed E-state index contributed by atoms with van der Waals surface area (Å²) in [5, 5.41) is 0. The van der Waals surface area contributed by atoms with E-state index in [2.05, 4.69) is 30.9 Å². The lowest BCUT2D eigenvalue weighted by Crippen LogP contribution is -2.10. The summed E-state index contributed by atoms with van der Waals surface area (Å²) in [6, 6.07) is 15.2. The van der Waals surface area contributed by atoms with Crippen LogP contribution < -0.4 is 5.73 Å². The van der Waals surface area contributed by atoms with Gasteiger partial charge in [0.25, 0.3) is 0 Å². The van der Waals surface area contributed by atoms with Crippen molar-refractivity contribution in [3.8, 4) is 11.8 Å². The molecule has 2 aromatic rings. The zero-order valence-electron chi connectivity index (χ0n) is 10.8. The minimum atomic E-state index is -0.434. The molecule has 19 heavy (non-hydrogen) atoms. The second-order valence-electron chi connectivity index (χ2n) is 4.25. The van der Waals surface area contributed by atoms with E-state index in [1.165, 1.54) is 5.56 Å². The van der Waals surface area contributed by atoms with E-state index < -0.39 is 5.91 Å². The van der Waals surface area contributed by atoms with Crippen molar-refractivity contribution in [2.75, 3.05) is 0 Å². The maximum absolute atomic E-state index is 11.1. The lowest BCUT2D eigenvalue weighted by molar-refractivity contribution is 0.100. The number of hydrogen-bond donors (Lipinski definition) is 1. The van der Waals surface area contributed by atoms with Gasteiger partial charge in [-0.25, -0.2) is 0 Å². The Morgan fingerprint density at radius 3 is 2.37 bits per heavy atom. The van der Waals surface area contributed by atoms with Crippen molar-refractivity contribution in [2.24, 2.45) is 5.73 Å². The number of carbonyl (C=O) groups excluding carboxylic acids is 1. The summed E-state index contributed by atoms with van der Waals surface area (Å²) in [5.41, 5.74) is 8.76. The van der Waals surface area contributed by atoms with Crippen molar-refractivity contribution in [1.29, 1.82) is 0 Å². The third-order valence-electron chi connectivity index (χ3n) is 2.86. The third-order valence-corrected chi connectivity index (χ3v) is 2.86. The van der Waals surface area contributed by atoms with E-state index in [0.29, 0.717) is 5.56 Å². The molecule has 0 heterocycles. The van der Waals surface area contributed by atoms with Crippen molar-refractivity contribution in [3.63, 3.8) is 0 Å². The zero-order chi connectivity index (χ0) is 13.7. The number of aryl methyl sites for hydroxylation is 1. The number of amides is 1. The van der Waals surface area contributed by atoms with Crippen LogP contribution >= 0.6 is 0 Å². The molecule has 2 aromatic carbocycles. The fourth-order valence-electron chi connectivity index (χ4n) is 1.72. The molecule has 0 radical (unpaired) electrons. The molecule has 0 fully saturated rings. The summed E-state index contributed by atoms with van der Waals surface area (Å²) in [6.07, 6.45) is 1.02. The summed E-state index contributed by atoms with van der Waals surface area (Å²) in [5.74, 6) is 5.68. The van der Waals surface area contributed by atoms with E-state index in [9.17, 15) is 4.79 Å². The number of benzene rings is 2. The van der Waals surface area contributed by atoms with Gasteiger partial charge in [-0.15, -0.1) is 0 Å². The van der Waals surface area contributed by atoms with Crippen LogP contribution in [0.2, 0.25) is 0 Å². The van der Waals surface area contributed by atoms with Crippen molar-refractivity contribution >= 4 is 5.91 Å². The fourth-order valence-corrected chi connectivity index (χ4v) is 1.72. The summed E-state index contributed by atoms with van der Waals surface area (Å²) < 4.78 is 0. The smallest absolute Gasteiger partial charge is 0.248 e. The maximum atomic E-state index is 11.1. The van der Waals surface area contributed by atoms with Crippen LogP contribution in [0, 0.1) is 11.8 Å². The van der Waals surface area contributed by atoms with Gasteiger partial charge in [0.15, 0.2) is 0 Å². The van der Waals surface area contributed by atoms with E-state index >= 15 is 0 Å². The molecule has 0 saturated carbocycles. The quantitative estimate of drug-likeness (QED) is 0.817. The standard InChI is InChI=1S/C17H15NO/c1-2-13-6-8-14(9-7-13)10-11-15-4-3-5-16(12-15)17(18)19/h3-9,12H,2H2,1H3,(H2,18,19). The number of carbonyl (C=O) groups is 1. The van der Waals surface area contributed by atoms with E-state index in [4.69, 9.17) is 5.73 Å². The molecule has 0 saturated heterocycles. The van der Waals surface area contributed by atoms with Crippen molar-refractivity contribution < 1.29 is 4.79 Å². The van der Waals surface area contributed by atoms with Crippen molar-refractivity contribution in [2.45, 2.75) is 13.3 Å². The Morgan fingerprint density at radius 2 is 1.74 bits per heavy atom. The Hall–Kier alpha value is -2.53. The van der Waals surface area contributed by atoms with Gasteiger partial charge in [0.2, 0.25) is 5.91 Å². The Bertz CT molecular complexity index is 645. The number of hydrogen-bond acceptors (Lipinski definition) is 1. The van der Waals surface area contributed by atoms with Gasteiger partial charge in [-0.2, -0.15) is 0 Å². The van der Waals surface area contributed by atoms with Crippen LogP contribution in [0.3, 0.4) is 0 Å². The van der Waals surface area contributed by atoms with E-state index in [1.54, 1.807) is 18.2 Å². The molecular weight excluding hydrogens is 234 g/mol. The van der Waals surface area contributed by atoms with Crippen LogP contribution in [0.5, 0.6) is 0 Å². The van der Waals surface area contributed by atoms with Crippen LogP contribution in [0.15, 0.2) is 48.5 Å². The molecule has 2 nitrogen and oxygen atoms in total. The Balaban J connectivity index is 2.23. The molecular formula is C17H15NO. The van der Waals surface area contributed by atoms with E-state index in [1.807, 2.05) is 18.2 Å². The average molecular weight is 249 g/mol. The third kappa shape index (κ3) is 3.46. The Morgan fingerprint density at radius 1 is 1.05 bits per heavy atom. The molecule has 0 aromatic heterocycles. The first-order chi connectivity index (χ1) is 9.19. The molecule has 2 heteroatoms. The van der Waals surface area contributed by atoms with Crippen LogP contribution in [0.4, 0.5) is 0 Å². The lowest BCUT2D eigenvalue weighted by Gasteiger charge is -1.96. The second kappa shape index (κ2) is 5.88. The molecule has 0 aliphatic heterocycles. The SMILES string of the molecule is CCc1ccc(C#Cc2cccc(C(N)=O)c2)cc1. The molecule has 0 spiro atoms. The summed E-state index contributed by atoms with van der Waals surface area (Å²) in [4.78, 5) is 11.1. The van der Waals surface area contributed by atoms with Gasteiger partial charge < -0.3 is 5.73 Å². The van der Waals surface area contributed by atoms with Gasteiger partial charge in [-0.3, -0.25) is 4.79 Å². The topological polar surface area (TPSA) is 43.1 Å². The molecule has 94 valence electrons. The van der Waals surface area contributed by atoms with Gasteiger partial charge in [-0.05, 0) is 42.3 Å². The molecule has 2 N–H and O–H groups in total. The average Bonchev–Trinajstić information content (AvgIpc) is 2.46. The first-order valence-corrected chi connectivity index (χ1v) is 6.20. The minimum Gasteiger partial charge on any atom is -0.366 e. The van der Waals surface area contributed by atoms with E-state index in [-0.39, 0.29) is 0 Å². The molecule has 0 unspecified atom stereocenters. The molecule has 0 aliphatic carbocycles. The largest absolute Gasteiger partial charge is 0.366 e. The number of rotatable bonds is 2. The van der Waals surface area contributed by atoms with Crippen LogP contribution in [-0.2, 0) is 6.42 Å². The molecule has 0 aliphatic rings. The Labute approximate surface area is 113 Å². The molecule has 0 bridgehead atoms. The van der Waals surface area contributed by atoms with Crippen LogP contribution in [0.25, 0.3) is 0 Å². The predicted octanol–water partition coefficient (Wildman–Crippen LogP) is 2.75. The highest BCUT2D eigenvalue weighted by molar-refractivity contribution is 5.93. The highest BCUT2D eigenvalue weighted by atomic mass is 16.1. The summed E-state index contributed by atoms with van der Waals surface area (Å²) in [7, 11) is 0. The number of nitrogens with two attached hydrogens (primary N) is 1. The first kappa shape index (κ1) is 12.9. The van der Waals surface area contributed by atoms with Gasteiger partial charge in [-0.1, -0.05) is 37.0 Å². The summed E-state index contributed by atoms with van der Waals surface area (Å²) in [6.45, 7) is 2.12. The van der Waals surface area contributed by atoms with Crippen LogP contribution in [-0.4, -0.2) is 5.91 Å². The normalized spacial score (nSPS) is 9.53. The highest BCUT2D eigenvalue weighted by Gasteiger charge is 1.99. The fraction of sp³-hybridized carbons (Fsp3) is 0.118. The van der Waals surface area contributed by atoms with Crippen molar-refractivity contribution in [1.82, 2.24) is 0 Å². The van der Waals surface area contributed by atoms with E-state index in [0.717, 1.165) is 17.5 Å². The minimum absolute atomic E-state index is 0.434. The number of primary amides is 1. The van der Waals surface area contributed by atoms with Gasteiger partial charge >= 0.3 is 0 Å². The molecule has 2 rings (SSSR count). The molecule has 1 amide bonds. The van der Waals surface area contributed by atoms with Gasteiger partial charge in [0, 0.05) is 16.7 Å². The second-order valence-corrected chi connectivity index (χ2v) is 4.25. The van der Waals surface area contributed by atoms with Gasteiger partial charge in [0.05, 0.1) is 0 Å². The van der Waals surface area contributed by atoms with Crippen molar-refractivity contribution in [3.05, 3.63) is 70.8 Å². The highest BCUT2D eigenvalue weighted by Crippen LogP contribution is 2.06. The maximum Gasteiger partial charge on any atom is 0.248 e. The monoisotopic (exact) mass is 249 g/mol. The Kier molecular flexibility index (Phi) is 4.00.